The number of nitrogens with zero attached hydrogens (tertiary/aromatic N) is 3. The van der Waals surface area contributed by atoms with Gasteiger partial charge in [-0.1, -0.05) is 70.4 Å². The van der Waals surface area contributed by atoms with Crippen molar-refractivity contribution in [1.29, 1.82) is 0 Å². The van der Waals surface area contributed by atoms with Crippen LogP contribution in [0.4, 0.5) is 0 Å². The van der Waals surface area contributed by atoms with Crippen LogP contribution in [-0.2, 0) is 13.0 Å². The number of hydrogen-bond acceptors (Lipinski definition) is 2. The first-order valence-electron chi connectivity index (χ1n) is 8.25. The zero-order valence-electron chi connectivity index (χ0n) is 12.9. The highest BCUT2D eigenvalue weighted by atomic mass is 15.4. The molecule has 0 bridgehead atoms. The Morgan fingerprint density at radius 2 is 1.47 bits per heavy atom. The van der Waals surface area contributed by atoms with E-state index in [4.69, 9.17) is 0 Å². The van der Waals surface area contributed by atoms with Gasteiger partial charge in [0, 0.05) is 6.54 Å². The van der Waals surface area contributed by atoms with Crippen molar-refractivity contribution < 1.29 is 0 Å². The van der Waals surface area contributed by atoms with E-state index >= 15 is 0 Å². The minimum atomic E-state index is 1.05. The van der Waals surface area contributed by atoms with Gasteiger partial charge in [0.05, 0.1) is 11.9 Å². The second-order valence-corrected chi connectivity index (χ2v) is 5.53. The molecule has 0 aliphatic heterocycles. The summed E-state index contributed by atoms with van der Waals surface area (Å²) in [7, 11) is 0. The van der Waals surface area contributed by atoms with Gasteiger partial charge in [-0.3, -0.25) is 0 Å². The highest BCUT2D eigenvalue weighted by Crippen LogP contribution is 2.09. The van der Waals surface area contributed by atoms with Gasteiger partial charge < -0.3 is 0 Å². The predicted molar refractivity (Wildman–Crippen MR) is 81.2 cm³/mol. The maximum atomic E-state index is 4.22. The predicted octanol–water partition coefficient (Wildman–Crippen LogP) is 4.76. The van der Waals surface area contributed by atoms with E-state index in [-0.39, 0.29) is 0 Å². The third-order valence-corrected chi connectivity index (χ3v) is 3.71. The molecular formula is C16H31N3. The number of rotatable bonds is 12. The maximum Gasteiger partial charge on any atom is 0.0725 e. The van der Waals surface area contributed by atoms with E-state index in [1.165, 1.54) is 69.9 Å². The Hall–Kier alpha value is -0.860. The second-order valence-electron chi connectivity index (χ2n) is 5.53. The van der Waals surface area contributed by atoms with Crippen molar-refractivity contribution in [3.05, 3.63) is 11.9 Å². The topological polar surface area (TPSA) is 30.7 Å². The fourth-order valence-corrected chi connectivity index (χ4v) is 2.44. The Balaban J connectivity index is 2.13. The number of hydrogen-bond donors (Lipinski definition) is 0. The van der Waals surface area contributed by atoms with Gasteiger partial charge in [-0.15, -0.1) is 5.10 Å². The molecule has 0 aliphatic rings. The largest absolute Gasteiger partial charge is 0.249 e. The van der Waals surface area contributed by atoms with E-state index in [1.54, 1.807) is 0 Å². The lowest BCUT2D eigenvalue weighted by Crippen LogP contribution is -2.05. The average molecular weight is 265 g/mol. The Bertz CT molecular complexity index is 307. The SMILES string of the molecule is CCCCCCCCn1nncc1CCCCCC. The summed E-state index contributed by atoms with van der Waals surface area (Å²) in [5.41, 5.74) is 1.32. The van der Waals surface area contributed by atoms with Crippen LogP contribution in [0.25, 0.3) is 0 Å². The number of aryl methyl sites for hydroxylation is 2. The molecule has 0 saturated heterocycles. The summed E-state index contributed by atoms with van der Waals surface area (Å²) < 4.78 is 2.12. The van der Waals surface area contributed by atoms with Crippen LogP contribution in [-0.4, -0.2) is 15.0 Å². The van der Waals surface area contributed by atoms with Crippen molar-refractivity contribution >= 4 is 0 Å². The van der Waals surface area contributed by atoms with Gasteiger partial charge in [0.1, 0.15) is 0 Å². The molecular weight excluding hydrogens is 234 g/mol. The molecule has 0 aromatic carbocycles. The van der Waals surface area contributed by atoms with Gasteiger partial charge in [0.2, 0.25) is 0 Å². The van der Waals surface area contributed by atoms with Crippen LogP contribution in [0.3, 0.4) is 0 Å². The van der Waals surface area contributed by atoms with Gasteiger partial charge in [0.25, 0.3) is 0 Å². The van der Waals surface area contributed by atoms with Crippen LogP contribution < -0.4 is 0 Å². The van der Waals surface area contributed by atoms with E-state index < -0.39 is 0 Å². The van der Waals surface area contributed by atoms with Gasteiger partial charge in [-0.25, -0.2) is 4.68 Å². The average Bonchev–Trinajstić information content (AvgIpc) is 2.86. The number of aromatic nitrogens is 3. The normalized spacial score (nSPS) is 11.1. The van der Waals surface area contributed by atoms with Crippen LogP contribution in [0.1, 0.15) is 83.7 Å². The standard InChI is InChI=1S/C16H31N3/c1-3-5-7-9-10-12-14-19-16(15-17-18-19)13-11-8-6-4-2/h15H,3-14H2,1-2H3. The first-order chi connectivity index (χ1) is 9.38. The van der Waals surface area contributed by atoms with Crippen molar-refractivity contribution in [2.24, 2.45) is 0 Å². The Labute approximate surface area is 118 Å². The summed E-state index contributed by atoms with van der Waals surface area (Å²) in [6.45, 7) is 5.57. The summed E-state index contributed by atoms with van der Waals surface area (Å²) in [5, 5.41) is 8.28. The van der Waals surface area contributed by atoms with Gasteiger partial charge in [-0.2, -0.15) is 0 Å². The lowest BCUT2D eigenvalue weighted by atomic mass is 10.1. The summed E-state index contributed by atoms with van der Waals surface area (Å²) in [4.78, 5) is 0. The molecule has 19 heavy (non-hydrogen) atoms. The molecule has 3 heteroatoms. The minimum absolute atomic E-state index is 1.05. The van der Waals surface area contributed by atoms with Crippen molar-refractivity contribution in [2.75, 3.05) is 0 Å². The van der Waals surface area contributed by atoms with Crippen molar-refractivity contribution in [1.82, 2.24) is 15.0 Å². The zero-order chi connectivity index (χ0) is 13.8. The molecule has 1 aromatic rings. The fraction of sp³-hybridized carbons (Fsp3) is 0.875. The first kappa shape index (κ1) is 16.2. The molecule has 0 atom stereocenters. The summed E-state index contributed by atoms with van der Waals surface area (Å²) >= 11 is 0. The lowest BCUT2D eigenvalue weighted by Gasteiger charge is -2.06. The van der Waals surface area contributed by atoms with E-state index in [0.29, 0.717) is 0 Å². The van der Waals surface area contributed by atoms with Crippen LogP contribution in [0.5, 0.6) is 0 Å². The highest BCUT2D eigenvalue weighted by Gasteiger charge is 2.03. The quantitative estimate of drug-likeness (QED) is 0.510. The zero-order valence-corrected chi connectivity index (χ0v) is 12.9. The van der Waals surface area contributed by atoms with Crippen molar-refractivity contribution in [3.63, 3.8) is 0 Å². The Kier molecular flexibility index (Phi) is 9.38. The molecule has 0 spiro atoms. The third-order valence-electron chi connectivity index (χ3n) is 3.71. The number of unbranched alkanes of at least 4 members (excludes halogenated alkanes) is 8. The monoisotopic (exact) mass is 265 g/mol. The van der Waals surface area contributed by atoms with Crippen molar-refractivity contribution in [3.8, 4) is 0 Å². The Morgan fingerprint density at radius 1 is 0.842 bits per heavy atom. The molecule has 110 valence electrons. The molecule has 1 aromatic heterocycles. The van der Waals surface area contributed by atoms with Gasteiger partial charge in [-0.05, 0) is 19.3 Å². The molecule has 0 amide bonds. The van der Waals surface area contributed by atoms with Crippen LogP contribution in [0.15, 0.2) is 6.20 Å². The summed E-state index contributed by atoms with van der Waals surface area (Å²) in [5.74, 6) is 0. The van der Waals surface area contributed by atoms with E-state index in [9.17, 15) is 0 Å². The van der Waals surface area contributed by atoms with E-state index in [2.05, 4.69) is 28.8 Å². The molecule has 1 heterocycles. The molecule has 0 saturated carbocycles. The lowest BCUT2D eigenvalue weighted by molar-refractivity contribution is 0.498. The molecule has 0 N–H and O–H groups in total. The first-order valence-corrected chi connectivity index (χ1v) is 8.25. The van der Waals surface area contributed by atoms with Gasteiger partial charge >= 0.3 is 0 Å². The maximum absolute atomic E-state index is 4.22. The summed E-state index contributed by atoms with van der Waals surface area (Å²) in [6.07, 6.45) is 16.4. The fourth-order valence-electron chi connectivity index (χ4n) is 2.44. The van der Waals surface area contributed by atoms with E-state index in [1.807, 2.05) is 6.20 Å². The molecule has 0 fully saturated rings. The highest BCUT2D eigenvalue weighted by molar-refractivity contribution is 4.93. The van der Waals surface area contributed by atoms with Crippen LogP contribution in [0, 0.1) is 0 Å². The summed E-state index contributed by atoms with van der Waals surface area (Å²) in [6, 6.07) is 0. The minimum Gasteiger partial charge on any atom is -0.249 e. The second kappa shape index (κ2) is 11.0. The van der Waals surface area contributed by atoms with Gasteiger partial charge in [0.15, 0.2) is 0 Å². The van der Waals surface area contributed by atoms with E-state index in [0.717, 1.165) is 13.0 Å². The van der Waals surface area contributed by atoms with Crippen LogP contribution >= 0.6 is 0 Å². The molecule has 0 unspecified atom stereocenters. The third kappa shape index (κ3) is 7.34. The molecule has 1 rings (SSSR count). The van der Waals surface area contributed by atoms with Crippen LogP contribution in [0.2, 0.25) is 0 Å². The molecule has 0 aliphatic carbocycles. The Morgan fingerprint density at radius 3 is 2.21 bits per heavy atom. The molecule has 0 radical (unpaired) electrons. The van der Waals surface area contributed by atoms with Crippen molar-refractivity contribution in [2.45, 2.75) is 91.0 Å². The smallest absolute Gasteiger partial charge is 0.0725 e. The molecule has 3 nitrogen and oxygen atoms in total.